The lowest BCUT2D eigenvalue weighted by molar-refractivity contribution is 0.0740. The van der Waals surface area contributed by atoms with Crippen molar-refractivity contribution in [1.82, 2.24) is 0 Å². The number of hydrogen-bond donors (Lipinski definition) is 1. The summed E-state index contributed by atoms with van der Waals surface area (Å²) in [5.41, 5.74) is 1.05. The molecule has 0 aromatic heterocycles. The van der Waals surface area contributed by atoms with Crippen molar-refractivity contribution in [3.05, 3.63) is 66.7 Å². The first-order valence-corrected chi connectivity index (χ1v) is 10.4. The third-order valence-electron chi connectivity index (χ3n) is 3.04. The van der Waals surface area contributed by atoms with Gasteiger partial charge in [-0.2, -0.15) is 0 Å². The van der Waals surface area contributed by atoms with E-state index in [1.807, 2.05) is 87.5 Å². The molecule has 0 saturated heterocycles. The summed E-state index contributed by atoms with van der Waals surface area (Å²) < 4.78 is 17.3. The average molecular weight is 348 g/mol. The van der Waals surface area contributed by atoms with Gasteiger partial charge in [-0.25, -0.2) is 0 Å². The van der Waals surface area contributed by atoms with Crippen LogP contribution in [0.15, 0.2) is 66.7 Å². The molecular weight excluding hydrogens is 318 g/mol. The summed E-state index contributed by atoms with van der Waals surface area (Å²) in [6.07, 6.45) is 0.590. The van der Waals surface area contributed by atoms with E-state index in [2.05, 4.69) is 5.32 Å². The van der Waals surface area contributed by atoms with Gasteiger partial charge in [0.05, 0.1) is 6.17 Å². The Kier molecular flexibility index (Phi) is 10.8. The highest BCUT2D eigenvalue weighted by atomic mass is 28.4. The highest BCUT2D eigenvalue weighted by Crippen LogP contribution is 2.13. The lowest BCUT2D eigenvalue weighted by Crippen LogP contribution is -2.52. The Labute approximate surface area is 147 Å². The SMILES string of the molecule is CCO[Si](CNc1ccccc1)(OCC)OCC.c1ccccc1. The van der Waals surface area contributed by atoms with Gasteiger partial charge in [-0.15, -0.1) is 0 Å². The van der Waals surface area contributed by atoms with Crippen LogP contribution in [0.5, 0.6) is 0 Å². The van der Waals surface area contributed by atoms with E-state index >= 15 is 0 Å². The van der Waals surface area contributed by atoms with Gasteiger partial charge in [-0.3, -0.25) is 0 Å². The Balaban J connectivity index is 0.000000400. The molecule has 0 amide bonds. The molecule has 0 spiro atoms. The molecule has 0 fully saturated rings. The number of benzene rings is 2. The molecule has 2 rings (SSSR count). The predicted molar refractivity (Wildman–Crippen MR) is 102 cm³/mol. The summed E-state index contributed by atoms with van der Waals surface area (Å²) in [4.78, 5) is 0. The smallest absolute Gasteiger partial charge is 0.381 e. The molecule has 0 unspecified atom stereocenters. The van der Waals surface area contributed by atoms with Crippen molar-refractivity contribution in [2.24, 2.45) is 0 Å². The van der Waals surface area contributed by atoms with Gasteiger partial charge in [0.25, 0.3) is 0 Å². The van der Waals surface area contributed by atoms with E-state index in [1.54, 1.807) is 0 Å². The van der Waals surface area contributed by atoms with Crippen LogP contribution in [0, 0.1) is 0 Å². The molecule has 0 saturated carbocycles. The van der Waals surface area contributed by atoms with Crippen molar-refractivity contribution < 1.29 is 13.3 Å². The topological polar surface area (TPSA) is 39.7 Å². The van der Waals surface area contributed by atoms with Gasteiger partial charge in [-0.05, 0) is 32.9 Å². The maximum Gasteiger partial charge on any atom is 0.521 e. The zero-order valence-electron chi connectivity index (χ0n) is 14.9. The largest absolute Gasteiger partial charge is 0.521 e. The van der Waals surface area contributed by atoms with Crippen LogP contribution in [-0.4, -0.2) is 34.8 Å². The zero-order valence-corrected chi connectivity index (χ0v) is 15.9. The molecule has 2 aromatic carbocycles. The molecule has 0 aliphatic carbocycles. The van der Waals surface area contributed by atoms with Crippen LogP contribution in [0.25, 0.3) is 0 Å². The van der Waals surface area contributed by atoms with E-state index in [0.29, 0.717) is 26.0 Å². The summed E-state index contributed by atoms with van der Waals surface area (Å²) in [5.74, 6) is 0. The minimum absolute atomic E-state index is 0.590. The van der Waals surface area contributed by atoms with E-state index in [1.165, 1.54) is 0 Å². The number of para-hydroxylation sites is 1. The normalized spacial score (nSPS) is 10.6. The zero-order chi connectivity index (χ0) is 17.5. The van der Waals surface area contributed by atoms with Crippen molar-refractivity contribution in [2.75, 3.05) is 31.3 Å². The Morgan fingerprint density at radius 3 is 1.42 bits per heavy atom. The van der Waals surface area contributed by atoms with Crippen molar-refractivity contribution in [3.63, 3.8) is 0 Å². The minimum Gasteiger partial charge on any atom is -0.381 e. The fraction of sp³-hybridized carbons (Fsp3) is 0.368. The maximum absolute atomic E-state index is 5.76. The summed E-state index contributed by atoms with van der Waals surface area (Å²) >= 11 is 0. The number of nitrogens with one attached hydrogen (secondary N) is 1. The first kappa shape index (κ1) is 20.4. The van der Waals surface area contributed by atoms with Gasteiger partial charge in [0.1, 0.15) is 0 Å². The standard InChI is InChI=1S/C13H23NO3Si.C6H6/c1-4-15-18(16-5-2,17-6-3)12-14-13-10-8-7-9-11-13;1-2-4-6-5-3-1/h7-11,14H,4-6,12H2,1-3H3;1-6H. The quantitative estimate of drug-likeness (QED) is 0.684. The van der Waals surface area contributed by atoms with Crippen molar-refractivity contribution in [1.29, 1.82) is 0 Å². The molecule has 24 heavy (non-hydrogen) atoms. The maximum atomic E-state index is 5.76. The molecule has 0 bridgehead atoms. The highest BCUT2D eigenvalue weighted by molar-refractivity contribution is 6.61. The lowest BCUT2D eigenvalue weighted by atomic mass is 10.3. The first-order valence-electron chi connectivity index (χ1n) is 8.47. The first-order chi connectivity index (χ1) is 11.8. The van der Waals surface area contributed by atoms with E-state index in [4.69, 9.17) is 13.3 Å². The second-order valence-corrected chi connectivity index (χ2v) is 7.44. The van der Waals surface area contributed by atoms with E-state index in [0.717, 1.165) is 5.69 Å². The number of anilines is 1. The van der Waals surface area contributed by atoms with Gasteiger partial charge in [0, 0.05) is 25.5 Å². The molecular formula is C19H29NO3Si. The van der Waals surface area contributed by atoms with Gasteiger partial charge in [0.15, 0.2) is 0 Å². The summed E-state index contributed by atoms with van der Waals surface area (Å²) in [5, 5.41) is 3.33. The lowest BCUT2D eigenvalue weighted by Gasteiger charge is -2.28. The third-order valence-corrected chi connectivity index (χ3v) is 5.84. The van der Waals surface area contributed by atoms with Gasteiger partial charge < -0.3 is 18.6 Å². The molecule has 1 N–H and O–H groups in total. The van der Waals surface area contributed by atoms with E-state index in [9.17, 15) is 0 Å². The molecule has 5 heteroatoms. The van der Waals surface area contributed by atoms with Gasteiger partial charge >= 0.3 is 8.80 Å². The van der Waals surface area contributed by atoms with Crippen LogP contribution in [0.3, 0.4) is 0 Å². The number of hydrogen-bond acceptors (Lipinski definition) is 4. The van der Waals surface area contributed by atoms with Gasteiger partial charge in [-0.1, -0.05) is 54.6 Å². The summed E-state index contributed by atoms with van der Waals surface area (Å²) in [6.45, 7) is 7.68. The van der Waals surface area contributed by atoms with E-state index < -0.39 is 8.80 Å². The van der Waals surface area contributed by atoms with Crippen LogP contribution in [0.2, 0.25) is 0 Å². The van der Waals surface area contributed by atoms with Crippen molar-refractivity contribution in [2.45, 2.75) is 20.8 Å². The Hall–Kier alpha value is -1.66. The van der Waals surface area contributed by atoms with Crippen molar-refractivity contribution >= 4 is 14.5 Å². The Morgan fingerprint density at radius 1 is 0.667 bits per heavy atom. The second-order valence-electron chi connectivity index (χ2n) is 4.86. The van der Waals surface area contributed by atoms with Gasteiger partial charge in [0.2, 0.25) is 0 Å². The fourth-order valence-corrected chi connectivity index (χ4v) is 4.39. The Bertz CT molecular complexity index is 467. The van der Waals surface area contributed by atoms with Crippen LogP contribution in [0.1, 0.15) is 20.8 Å². The van der Waals surface area contributed by atoms with E-state index in [-0.39, 0.29) is 0 Å². The Morgan fingerprint density at radius 2 is 1.04 bits per heavy atom. The molecule has 0 radical (unpaired) electrons. The van der Waals surface area contributed by atoms with Crippen LogP contribution >= 0.6 is 0 Å². The molecule has 0 aliphatic heterocycles. The number of rotatable bonds is 9. The molecule has 4 nitrogen and oxygen atoms in total. The predicted octanol–water partition coefficient (Wildman–Crippen LogP) is 4.37. The third kappa shape index (κ3) is 8.26. The van der Waals surface area contributed by atoms with Crippen molar-refractivity contribution in [3.8, 4) is 0 Å². The average Bonchev–Trinajstić information content (AvgIpc) is 2.64. The molecule has 0 heterocycles. The molecule has 132 valence electrons. The highest BCUT2D eigenvalue weighted by Gasteiger charge is 2.40. The molecule has 0 atom stereocenters. The summed E-state index contributed by atoms with van der Waals surface area (Å²) in [6, 6.07) is 22.0. The summed E-state index contributed by atoms with van der Waals surface area (Å²) in [7, 11) is -2.59. The molecule has 2 aromatic rings. The monoisotopic (exact) mass is 347 g/mol. The van der Waals surface area contributed by atoms with Crippen LogP contribution < -0.4 is 5.32 Å². The van der Waals surface area contributed by atoms with Crippen LogP contribution in [0.4, 0.5) is 5.69 Å². The van der Waals surface area contributed by atoms with Crippen LogP contribution in [-0.2, 0) is 13.3 Å². The minimum atomic E-state index is -2.59. The second kappa shape index (κ2) is 12.7. The molecule has 0 aliphatic rings. The fourth-order valence-electron chi connectivity index (χ4n) is 2.09.